The van der Waals surface area contributed by atoms with Crippen LogP contribution in [-0.2, 0) is 14.3 Å². The van der Waals surface area contributed by atoms with Gasteiger partial charge in [-0.3, -0.25) is 5.41 Å². The van der Waals surface area contributed by atoms with Gasteiger partial charge in [-0.25, -0.2) is 4.79 Å². The molecule has 9 heteroatoms. The van der Waals surface area contributed by atoms with Gasteiger partial charge in [0.1, 0.15) is 6.10 Å². The molecular formula is C15H30N3O6-. The van der Waals surface area contributed by atoms with Crippen LogP contribution >= 0.6 is 0 Å². The quantitative estimate of drug-likeness (QED) is 0.128. The van der Waals surface area contributed by atoms with E-state index in [1.807, 2.05) is 0 Å². The SMILES string of the molecule is CCCCCCCCCCOC(=O)C(O)C(O)C(=O)[O-].N=C(N)N. The molecule has 0 saturated carbocycles. The van der Waals surface area contributed by atoms with Crippen molar-refractivity contribution < 1.29 is 29.6 Å². The molecule has 0 heterocycles. The van der Waals surface area contributed by atoms with Gasteiger partial charge >= 0.3 is 5.97 Å². The molecule has 0 aliphatic heterocycles. The van der Waals surface area contributed by atoms with Crippen LogP contribution in [0.5, 0.6) is 0 Å². The minimum absolute atomic E-state index is 0.116. The van der Waals surface area contributed by atoms with Gasteiger partial charge in [-0.2, -0.15) is 0 Å². The number of ether oxygens (including phenoxy) is 1. The molecule has 0 aromatic carbocycles. The highest BCUT2D eigenvalue weighted by Crippen LogP contribution is 2.08. The summed E-state index contributed by atoms with van der Waals surface area (Å²) in [7, 11) is 0. The van der Waals surface area contributed by atoms with E-state index < -0.39 is 24.1 Å². The summed E-state index contributed by atoms with van der Waals surface area (Å²) in [5, 5.41) is 34.3. The fourth-order valence-electron chi connectivity index (χ4n) is 1.75. The molecule has 2 unspecified atom stereocenters. The molecule has 0 saturated heterocycles. The number of aliphatic carboxylic acids is 1. The first-order valence-corrected chi connectivity index (χ1v) is 8.07. The van der Waals surface area contributed by atoms with Crippen LogP contribution in [0.2, 0.25) is 0 Å². The molecule has 2 atom stereocenters. The lowest BCUT2D eigenvalue weighted by atomic mass is 10.1. The van der Waals surface area contributed by atoms with Crippen molar-refractivity contribution in [3.63, 3.8) is 0 Å². The highest BCUT2D eigenvalue weighted by atomic mass is 16.5. The summed E-state index contributed by atoms with van der Waals surface area (Å²) in [4.78, 5) is 21.4. The minimum Gasteiger partial charge on any atom is -0.547 e. The smallest absolute Gasteiger partial charge is 0.338 e. The van der Waals surface area contributed by atoms with E-state index in [0.717, 1.165) is 19.3 Å². The van der Waals surface area contributed by atoms with Crippen molar-refractivity contribution in [2.45, 2.75) is 70.5 Å². The van der Waals surface area contributed by atoms with Crippen LogP contribution in [-0.4, -0.2) is 46.9 Å². The van der Waals surface area contributed by atoms with Crippen molar-refractivity contribution in [3.8, 4) is 0 Å². The normalized spacial score (nSPS) is 12.5. The van der Waals surface area contributed by atoms with Crippen LogP contribution in [0.1, 0.15) is 58.3 Å². The molecule has 0 rings (SSSR count). The monoisotopic (exact) mass is 348 g/mol. The number of aliphatic hydroxyl groups excluding tert-OH is 2. The maximum absolute atomic E-state index is 11.2. The van der Waals surface area contributed by atoms with E-state index >= 15 is 0 Å². The summed E-state index contributed by atoms with van der Waals surface area (Å²) in [6.45, 7) is 2.28. The Balaban J connectivity index is 0. The molecule has 7 N–H and O–H groups in total. The predicted octanol–water partition coefficient (Wildman–Crippen LogP) is -1.02. The zero-order valence-electron chi connectivity index (χ0n) is 14.2. The van der Waals surface area contributed by atoms with Gasteiger partial charge in [0, 0.05) is 0 Å². The molecule has 0 aromatic rings. The largest absolute Gasteiger partial charge is 0.547 e. The number of carbonyl (C=O) groups is 2. The number of rotatable bonds is 12. The predicted molar refractivity (Wildman–Crippen MR) is 86.7 cm³/mol. The third kappa shape index (κ3) is 16.5. The number of carboxylic acid groups (broad SMARTS) is 1. The molecule has 0 aliphatic carbocycles. The molecule has 0 spiro atoms. The molecule has 142 valence electrons. The Kier molecular flexibility index (Phi) is 16.3. The van der Waals surface area contributed by atoms with Crippen LogP contribution in [0.3, 0.4) is 0 Å². The number of nitrogens with two attached hydrogens (primary N) is 2. The fraction of sp³-hybridized carbons (Fsp3) is 0.800. The average molecular weight is 348 g/mol. The molecule has 0 aliphatic rings. The Hall–Kier alpha value is -1.87. The second kappa shape index (κ2) is 16.0. The second-order valence-corrected chi connectivity index (χ2v) is 5.31. The number of guanidine groups is 1. The standard InChI is InChI=1S/C14H26O6.CH5N3/c1-2-3-4-5-6-7-8-9-10-20-14(19)12(16)11(15)13(17)18;2-1(3)4/h11-12,15-16H,2-10H2,1H3,(H,17,18);(H5,2,3,4)/p-1. The number of hydrogen-bond donors (Lipinski definition) is 5. The first-order chi connectivity index (χ1) is 11.2. The summed E-state index contributed by atoms with van der Waals surface area (Å²) in [6, 6.07) is 0. The second-order valence-electron chi connectivity index (χ2n) is 5.31. The Bertz CT molecular complexity index is 361. The van der Waals surface area contributed by atoms with Gasteiger partial charge in [0.05, 0.1) is 12.6 Å². The van der Waals surface area contributed by atoms with E-state index in [2.05, 4.69) is 23.1 Å². The van der Waals surface area contributed by atoms with E-state index in [0.29, 0.717) is 6.42 Å². The highest BCUT2D eigenvalue weighted by molar-refractivity contribution is 5.83. The highest BCUT2D eigenvalue weighted by Gasteiger charge is 2.26. The number of nitrogens with one attached hydrogen (secondary N) is 1. The minimum atomic E-state index is -2.25. The van der Waals surface area contributed by atoms with Crippen LogP contribution in [0.25, 0.3) is 0 Å². The Morgan fingerprint density at radius 2 is 1.42 bits per heavy atom. The van der Waals surface area contributed by atoms with Crippen molar-refractivity contribution in [2.75, 3.05) is 6.61 Å². The van der Waals surface area contributed by atoms with Crippen LogP contribution in [0, 0.1) is 5.41 Å². The lowest BCUT2D eigenvalue weighted by Gasteiger charge is -2.17. The maximum atomic E-state index is 11.2. The van der Waals surface area contributed by atoms with Gasteiger partial charge in [-0.1, -0.05) is 51.9 Å². The number of carboxylic acids is 1. The van der Waals surface area contributed by atoms with E-state index in [-0.39, 0.29) is 12.6 Å². The van der Waals surface area contributed by atoms with Gasteiger partial charge < -0.3 is 36.3 Å². The number of hydrogen-bond acceptors (Lipinski definition) is 7. The zero-order chi connectivity index (χ0) is 19.0. The summed E-state index contributed by atoms with van der Waals surface area (Å²) in [5.41, 5.74) is 8.94. The van der Waals surface area contributed by atoms with Gasteiger partial charge in [0.25, 0.3) is 0 Å². The summed E-state index contributed by atoms with van der Waals surface area (Å²) < 4.78 is 4.68. The van der Waals surface area contributed by atoms with Crippen molar-refractivity contribution in [1.29, 1.82) is 5.41 Å². The van der Waals surface area contributed by atoms with Crippen molar-refractivity contribution in [2.24, 2.45) is 11.5 Å². The van der Waals surface area contributed by atoms with E-state index in [1.54, 1.807) is 0 Å². The zero-order valence-corrected chi connectivity index (χ0v) is 14.2. The number of carbonyl (C=O) groups excluding carboxylic acids is 2. The van der Waals surface area contributed by atoms with Crippen LogP contribution < -0.4 is 16.6 Å². The molecule has 0 aromatic heterocycles. The number of aliphatic hydroxyl groups is 2. The average Bonchev–Trinajstić information content (AvgIpc) is 2.50. The molecule has 0 fully saturated rings. The molecule has 0 amide bonds. The molecule has 0 bridgehead atoms. The van der Waals surface area contributed by atoms with Gasteiger partial charge in [0.15, 0.2) is 12.1 Å². The number of esters is 1. The molecule has 9 nitrogen and oxygen atoms in total. The summed E-state index contributed by atoms with van der Waals surface area (Å²) in [6.07, 6.45) is 4.39. The summed E-state index contributed by atoms with van der Waals surface area (Å²) >= 11 is 0. The van der Waals surface area contributed by atoms with Crippen molar-refractivity contribution in [1.82, 2.24) is 0 Å². The first kappa shape index (κ1) is 24.4. The number of unbranched alkanes of at least 4 members (excludes halogenated alkanes) is 7. The molecular weight excluding hydrogens is 318 g/mol. The lowest BCUT2D eigenvalue weighted by Crippen LogP contribution is -2.47. The van der Waals surface area contributed by atoms with E-state index in [9.17, 15) is 14.7 Å². The molecule has 24 heavy (non-hydrogen) atoms. The van der Waals surface area contributed by atoms with Gasteiger partial charge in [0.2, 0.25) is 0 Å². The molecule has 0 radical (unpaired) electrons. The van der Waals surface area contributed by atoms with E-state index in [4.69, 9.17) is 15.6 Å². The first-order valence-electron chi connectivity index (χ1n) is 8.07. The Labute approximate surface area is 142 Å². The van der Waals surface area contributed by atoms with Crippen LogP contribution in [0.15, 0.2) is 0 Å². The van der Waals surface area contributed by atoms with Gasteiger partial charge in [-0.15, -0.1) is 0 Å². The Morgan fingerprint density at radius 3 is 1.83 bits per heavy atom. The topological polar surface area (TPSA) is 183 Å². The van der Waals surface area contributed by atoms with Crippen molar-refractivity contribution >= 4 is 17.9 Å². The third-order valence-corrected chi connectivity index (χ3v) is 3.02. The van der Waals surface area contributed by atoms with Crippen molar-refractivity contribution in [3.05, 3.63) is 0 Å². The van der Waals surface area contributed by atoms with Gasteiger partial charge in [-0.05, 0) is 6.42 Å². The maximum Gasteiger partial charge on any atom is 0.338 e. The lowest BCUT2D eigenvalue weighted by molar-refractivity contribution is -0.318. The Morgan fingerprint density at radius 1 is 1.00 bits per heavy atom. The third-order valence-electron chi connectivity index (χ3n) is 3.02. The van der Waals surface area contributed by atoms with Crippen LogP contribution in [0.4, 0.5) is 0 Å². The fourth-order valence-corrected chi connectivity index (χ4v) is 1.75. The summed E-state index contributed by atoms with van der Waals surface area (Å²) in [5.74, 6) is -3.37. The van der Waals surface area contributed by atoms with E-state index in [1.165, 1.54) is 25.7 Å².